The lowest BCUT2D eigenvalue weighted by molar-refractivity contribution is 0.621. The van der Waals surface area contributed by atoms with Crippen LogP contribution in [0.1, 0.15) is 24.8 Å². The van der Waals surface area contributed by atoms with E-state index >= 15 is 0 Å². The van der Waals surface area contributed by atoms with Crippen molar-refractivity contribution in [3.63, 3.8) is 0 Å². The quantitative estimate of drug-likeness (QED) is 0.615. The van der Waals surface area contributed by atoms with Crippen LogP contribution in [0.4, 0.5) is 4.39 Å². The van der Waals surface area contributed by atoms with E-state index < -0.39 is 0 Å². The van der Waals surface area contributed by atoms with Gasteiger partial charge in [0.15, 0.2) is 0 Å². The predicted molar refractivity (Wildman–Crippen MR) is 57.9 cm³/mol. The summed E-state index contributed by atoms with van der Waals surface area (Å²) in [7, 11) is 0. The SMILES string of the molecule is Fc1ccccc1C1=CC(Cl)CCC1. The van der Waals surface area contributed by atoms with Crippen molar-refractivity contribution < 1.29 is 4.39 Å². The van der Waals surface area contributed by atoms with Crippen LogP contribution in [-0.2, 0) is 0 Å². The van der Waals surface area contributed by atoms with Crippen molar-refractivity contribution in [2.75, 3.05) is 0 Å². The second-order valence-electron chi connectivity index (χ2n) is 3.58. The molecule has 1 aliphatic rings. The van der Waals surface area contributed by atoms with Gasteiger partial charge >= 0.3 is 0 Å². The second kappa shape index (κ2) is 4.14. The van der Waals surface area contributed by atoms with Gasteiger partial charge in [-0.3, -0.25) is 0 Å². The number of rotatable bonds is 1. The highest BCUT2D eigenvalue weighted by molar-refractivity contribution is 6.22. The summed E-state index contributed by atoms with van der Waals surface area (Å²) in [5.41, 5.74) is 1.76. The highest BCUT2D eigenvalue weighted by atomic mass is 35.5. The van der Waals surface area contributed by atoms with Gasteiger partial charge in [0.1, 0.15) is 5.82 Å². The maximum absolute atomic E-state index is 13.4. The number of benzene rings is 1. The molecule has 1 aromatic rings. The molecule has 0 saturated carbocycles. The molecular formula is C12H12ClF. The molecule has 0 spiro atoms. The molecule has 2 heteroatoms. The van der Waals surface area contributed by atoms with E-state index in [1.165, 1.54) is 6.07 Å². The van der Waals surface area contributed by atoms with Crippen molar-refractivity contribution in [1.29, 1.82) is 0 Å². The van der Waals surface area contributed by atoms with Gasteiger partial charge in [-0.1, -0.05) is 24.3 Å². The molecule has 0 N–H and O–H groups in total. The molecule has 0 fully saturated rings. The number of hydrogen-bond acceptors (Lipinski definition) is 0. The normalized spacial score (nSPS) is 21.9. The zero-order valence-corrected chi connectivity index (χ0v) is 8.60. The molecule has 14 heavy (non-hydrogen) atoms. The third-order valence-corrected chi connectivity index (χ3v) is 2.87. The Kier molecular flexibility index (Phi) is 2.87. The average Bonchev–Trinajstić information content (AvgIpc) is 2.18. The Balaban J connectivity index is 2.35. The molecule has 74 valence electrons. The van der Waals surface area contributed by atoms with Gasteiger partial charge in [0.05, 0.1) is 5.38 Å². The number of halogens is 2. The zero-order chi connectivity index (χ0) is 9.97. The van der Waals surface area contributed by atoms with E-state index in [1.807, 2.05) is 18.2 Å². The molecule has 0 nitrogen and oxygen atoms in total. The van der Waals surface area contributed by atoms with E-state index in [0.717, 1.165) is 24.8 Å². The maximum atomic E-state index is 13.4. The fourth-order valence-electron chi connectivity index (χ4n) is 1.82. The first-order valence-corrected chi connectivity index (χ1v) is 5.30. The Morgan fingerprint density at radius 1 is 1.29 bits per heavy atom. The first kappa shape index (κ1) is 9.72. The summed E-state index contributed by atoms with van der Waals surface area (Å²) in [6, 6.07) is 6.88. The highest BCUT2D eigenvalue weighted by Gasteiger charge is 2.14. The Labute approximate surface area is 88.4 Å². The molecule has 0 radical (unpaired) electrons. The van der Waals surface area contributed by atoms with E-state index in [-0.39, 0.29) is 11.2 Å². The Morgan fingerprint density at radius 3 is 2.79 bits per heavy atom. The molecule has 1 atom stereocenters. The third-order valence-electron chi connectivity index (χ3n) is 2.53. The van der Waals surface area contributed by atoms with Crippen LogP contribution < -0.4 is 0 Å². The van der Waals surface area contributed by atoms with Gasteiger partial charge in [-0.05, 0) is 30.9 Å². The summed E-state index contributed by atoms with van der Waals surface area (Å²) in [6.45, 7) is 0. The third kappa shape index (κ3) is 1.98. The van der Waals surface area contributed by atoms with E-state index in [9.17, 15) is 4.39 Å². The second-order valence-corrected chi connectivity index (χ2v) is 4.14. The maximum Gasteiger partial charge on any atom is 0.130 e. The van der Waals surface area contributed by atoms with Gasteiger partial charge < -0.3 is 0 Å². The van der Waals surface area contributed by atoms with Crippen LogP contribution >= 0.6 is 11.6 Å². The van der Waals surface area contributed by atoms with Crippen molar-refractivity contribution in [3.05, 3.63) is 41.7 Å². The summed E-state index contributed by atoms with van der Waals surface area (Å²) in [5, 5.41) is 0.0679. The highest BCUT2D eigenvalue weighted by Crippen LogP contribution is 2.30. The van der Waals surface area contributed by atoms with Crippen molar-refractivity contribution in [2.24, 2.45) is 0 Å². The van der Waals surface area contributed by atoms with Gasteiger partial charge in [0, 0.05) is 5.56 Å². The van der Waals surface area contributed by atoms with Crippen LogP contribution in [0.3, 0.4) is 0 Å². The molecule has 1 unspecified atom stereocenters. The summed E-state index contributed by atoms with van der Waals surface area (Å²) in [6.07, 6.45) is 4.96. The number of allylic oxidation sites excluding steroid dienone is 2. The van der Waals surface area contributed by atoms with Crippen molar-refractivity contribution in [1.82, 2.24) is 0 Å². The average molecular weight is 211 g/mol. The minimum Gasteiger partial charge on any atom is -0.206 e. The van der Waals surface area contributed by atoms with Crippen LogP contribution in [0.2, 0.25) is 0 Å². The summed E-state index contributed by atoms with van der Waals surface area (Å²) < 4.78 is 13.4. The van der Waals surface area contributed by atoms with Crippen LogP contribution in [0.25, 0.3) is 5.57 Å². The minimum absolute atomic E-state index is 0.0679. The number of alkyl halides is 1. The van der Waals surface area contributed by atoms with Crippen LogP contribution in [0.15, 0.2) is 30.3 Å². The smallest absolute Gasteiger partial charge is 0.130 e. The molecule has 0 heterocycles. The van der Waals surface area contributed by atoms with Gasteiger partial charge in [-0.15, -0.1) is 11.6 Å². The fraction of sp³-hybridized carbons (Fsp3) is 0.333. The van der Waals surface area contributed by atoms with E-state index in [1.54, 1.807) is 6.07 Å². The standard InChI is InChI=1S/C12H12ClF/c13-10-5-3-4-9(8-10)11-6-1-2-7-12(11)14/h1-2,6-8,10H,3-5H2. The molecule has 0 aliphatic heterocycles. The summed E-state index contributed by atoms with van der Waals surface area (Å²) in [4.78, 5) is 0. The predicted octanol–water partition coefficient (Wildman–Crippen LogP) is 4.00. The molecule has 1 aliphatic carbocycles. The van der Waals surface area contributed by atoms with Crippen LogP contribution in [0, 0.1) is 5.82 Å². The van der Waals surface area contributed by atoms with Crippen molar-refractivity contribution in [2.45, 2.75) is 24.6 Å². The zero-order valence-electron chi connectivity index (χ0n) is 7.84. The topological polar surface area (TPSA) is 0 Å². The Bertz CT molecular complexity index is 357. The van der Waals surface area contributed by atoms with Gasteiger partial charge in [0.25, 0.3) is 0 Å². The molecule has 0 bridgehead atoms. The molecular weight excluding hydrogens is 199 g/mol. The van der Waals surface area contributed by atoms with Crippen LogP contribution in [0.5, 0.6) is 0 Å². The lowest BCUT2D eigenvalue weighted by Crippen LogP contribution is -2.03. The van der Waals surface area contributed by atoms with Gasteiger partial charge in [-0.25, -0.2) is 4.39 Å². The molecule has 0 aromatic heterocycles. The van der Waals surface area contributed by atoms with Gasteiger partial charge in [-0.2, -0.15) is 0 Å². The van der Waals surface area contributed by atoms with E-state index in [2.05, 4.69) is 0 Å². The molecule has 1 aromatic carbocycles. The van der Waals surface area contributed by atoms with Crippen LogP contribution in [-0.4, -0.2) is 5.38 Å². The largest absolute Gasteiger partial charge is 0.206 e. The first-order valence-electron chi connectivity index (χ1n) is 4.87. The first-order chi connectivity index (χ1) is 6.77. The molecule has 0 amide bonds. The van der Waals surface area contributed by atoms with Gasteiger partial charge in [0.2, 0.25) is 0 Å². The lowest BCUT2D eigenvalue weighted by atomic mass is 9.93. The monoisotopic (exact) mass is 210 g/mol. The van der Waals surface area contributed by atoms with Crippen molar-refractivity contribution >= 4 is 17.2 Å². The minimum atomic E-state index is -0.149. The lowest BCUT2D eigenvalue weighted by Gasteiger charge is -2.16. The molecule has 0 saturated heterocycles. The van der Waals surface area contributed by atoms with E-state index in [4.69, 9.17) is 11.6 Å². The fourth-order valence-corrected chi connectivity index (χ4v) is 2.12. The molecule has 2 rings (SSSR count). The van der Waals surface area contributed by atoms with Crippen molar-refractivity contribution in [3.8, 4) is 0 Å². The Hall–Kier alpha value is -0.820. The number of hydrogen-bond donors (Lipinski definition) is 0. The summed E-state index contributed by atoms with van der Waals surface area (Å²) >= 11 is 6.01. The summed E-state index contributed by atoms with van der Waals surface area (Å²) in [5.74, 6) is -0.149. The Morgan fingerprint density at radius 2 is 2.07 bits per heavy atom. The van der Waals surface area contributed by atoms with E-state index in [0.29, 0.717) is 5.56 Å².